The van der Waals surface area contributed by atoms with E-state index in [2.05, 4.69) is 10.3 Å². The molecule has 1 aromatic carbocycles. The Labute approximate surface area is 144 Å². The first-order valence-corrected chi connectivity index (χ1v) is 8.03. The van der Waals surface area contributed by atoms with Gasteiger partial charge in [-0.2, -0.15) is 0 Å². The Morgan fingerprint density at radius 1 is 1.16 bits per heavy atom. The SMILES string of the molecule is Cc1ccc2ncc(C(=O)NCCc3ccc(CO)cc3)c(=O)n2c1. The fraction of sp³-hybridized carbons (Fsp3) is 0.211. The zero-order valence-corrected chi connectivity index (χ0v) is 13.9. The van der Waals surface area contributed by atoms with E-state index in [0.29, 0.717) is 18.6 Å². The van der Waals surface area contributed by atoms with Crippen molar-refractivity contribution in [2.75, 3.05) is 6.54 Å². The van der Waals surface area contributed by atoms with Gasteiger partial charge >= 0.3 is 0 Å². The Balaban J connectivity index is 1.69. The summed E-state index contributed by atoms with van der Waals surface area (Å²) in [7, 11) is 0. The van der Waals surface area contributed by atoms with Crippen LogP contribution in [0.2, 0.25) is 0 Å². The zero-order valence-electron chi connectivity index (χ0n) is 13.9. The van der Waals surface area contributed by atoms with E-state index in [9.17, 15) is 9.59 Å². The molecule has 6 heteroatoms. The van der Waals surface area contributed by atoms with Gasteiger partial charge in [0.2, 0.25) is 0 Å². The van der Waals surface area contributed by atoms with E-state index in [1.165, 1.54) is 10.6 Å². The molecule has 2 heterocycles. The number of hydrogen-bond acceptors (Lipinski definition) is 4. The highest BCUT2D eigenvalue weighted by molar-refractivity contribution is 5.93. The number of benzene rings is 1. The predicted molar refractivity (Wildman–Crippen MR) is 94.6 cm³/mol. The largest absolute Gasteiger partial charge is 0.392 e. The van der Waals surface area contributed by atoms with Gasteiger partial charge in [-0.15, -0.1) is 0 Å². The molecule has 0 unspecified atom stereocenters. The number of aromatic nitrogens is 2. The van der Waals surface area contributed by atoms with Gasteiger partial charge in [0.05, 0.1) is 6.61 Å². The minimum atomic E-state index is -0.430. The molecule has 2 N–H and O–H groups in total. The lowest BCUT2D eigenvalue weighted by Gasteiger charge is -2.07. The molecular formula is C19H19N3O3. The monoisotopic (exact) mass is 337 g/mol. The topological polar surface area (TPSA) is 83.7 Å². The van der Waals surface area contributed by atoms with Gasteiger partial charge in [0.15, 0.2) is 0 Å². The second-order valence-electron chi connectivity index (χ2n) is 5.89. The van der Waals surface area contributed by atoms with E-state index >= 15 is 0 Å². The van der Waals surface area contributed by atoms with E-state index in [1.807, 2.05) is 37.3 Å². The van der Waals surface area contributed by atoms with Crippen molar-refractivity contribution in [3.63, 3.8) is 0 Å². The Bertz CT molecular complexity index is 962. The van der Waals surface area contributed by atoms with Gasteiger partial charge in [-0.1, -0.05) is 30.3 Å². The van der Waals surface area contributed by atoms with Gasteiger partial charge in [0.1, 0.15) is 11.2 Å². The summed E-state index contributed by atoms with van der Waals surface area (Å²) in [5, 5.41) is 11.8. The number of nitrogens with one attached hydrogen (secondary N) is 1. The molecule has 3 aromatic rings. The smallest absolute Gasteiger partial charge is 0.270 e. The molecule has 0 aliphatic heterocycles. The average molecular weight is 337 g/mol. The number of nitrogens with zero attached hydrogens (tertiary/aromatic N) is 2. The van der Waals surface area contributed by atoms with Crippen LogP contribution in [-0.2, 0) is 13.0 Å². The summed E-state index contributed by atoms with van der Waals surface area (Å²) in [4.78, 5) is 28.9. The first kappa shape index (κ1) is 16.9. The molecule has 25 heavy (non-hydrogen) atoms. The van der Waals surface area contributed by atoms with Crippen LogP contribution in [0.3, 0.4) is 0 Å². The molecule has 0 bridgehead atoms. The molecule has 0 saturated carbocycles. The standard InChI is InChI=1S/C19H19N3O3/c1-13-2-7-17-21-10-16(19(25)22(17)11-13)18(24)20-9-8-14-3-5-15(12-23)6-4-14/h2-7,10-11,23H,8-9,12H2,1H3,(H,20,24). The normalized spacial score (nSPS) is 10.8. The molecule has 0 saturated heterocycles. The lowest BCUT2D eigenvalue weighted by molar-refractivity contribution is 0.0952. The van der Waals surface area contributed by atoms with Crippen LogP contribution in [0.25, 0.3) is 5.65 Å². The summed E-state index contributed by atoms with van der Waals surface area (Å²) in [6.45, 7) is 2.29. The van der Waals surface area contributed by atoms with Crippen LogP contribution in [-0.4, -0.2) is 26.9 Å². The number of rotatable bonds is 5. The first-order chi connectivity index (χ1) is 12.1. The van der Waals surface area contributed by atoms with Gasteiger partial charge in [-0.25, -0.2) is 4.98 Å². The quantitative estimate of drug-likeness (QED) is 0.738. The number of carbonyl (C=O) groups excluding carboxylic acids is 1. The van der Waals surface area contributed by atoms with Crippen LogP contribution in [0.15, 0.2) is 53.6 Å². The molecule has 2 aromatic heterocycles. The van der Waals surface area contributed by atoms with Crippen molar-refractivity contribution in [1.29, 1.82) is 0 Å². The van der Waals surface area contributed by atoms with Crippen molar-refractivity contribution < 1.29 is 9.90 Å². The number of carbonyl (C=O) groups is 1. The molecule has 128 valence electrons. The van der Waals surface area contributed by atoms with Crippen LogP contribution < -0.4 is 10.9 Å². The van der Waals surface area contributed by atoms with Gasteiger partial charge < -0.3 is 10.4 Å². The van der Waals surface area contributed by atoms with Crippen molar-refractivity contribution in [2.24, 2.45) is 0 Å². The molecular weight excluding hydrogens is 318 g/mol. The summed E-state index contributed by atoms with van der Waals surface area (Å²) in [5.74, 6) is -0.430. The van der Waals surface area contributed by atoms with E-state index in [0.717, 1.165) is 16.7 Å². The van der Waals surface area contributed by atoms with Crippen LogP contribution in [0.1, 0.15) is 27.0 Å². The molecule has 3 rings (SSSR count). The second kappa shape index (κ2) is 7.27. The third-order valence-electron chi connectivity index (χ3n) is 4.00. The van der Waals surface area contributed by atoms with Crippen LogP contribution in [0.4, 0.5) is 0 Å². The minimum absolute atomic E-state index is 0.00932. The molecule has 0 atom stereocenters. The summed E-state index contributed by atoms with van der Waals surface area (Å²) in [6.07, 6.45) is 3.63. The fourth-order valence-corrected chi connectivity index (χ4v) is 2.57. The van der Waals surface area contributed by atoms with E-state index in [4.69, 9.17) is 5.11 Å². The van der Waals surface area contributed by atoms with Crippen LogP contribution in [0.5, 0.6) is 0 Å². The maximum atomic E-state index is 12.5. The Morgan fingerprint density at radius 3 is 2.60 bits per heavy atom. The Hall–Kier alpha value is -2.99. The Morgan fingerprint density at radius 2 is 1.88 bits per heavy atom. The van der Waals surface area contributed by atoms with Crippen molar-refractivity contribution in [1.82, 2.24) is 14.7 Å². The second-order valence-corrected chi connectivity index (χ2v) is 5.89. The van der Waals surface area contributed by atoms with Gasteiger partial charge in [-0.3, -0.25) is 14.0 Å². The lowest BCUT2D eigenvalue weighted by Crippen LogP contribution is -2.32. The van der Waals surface area contributed by atoms with Gasteiger partial charge in [-0.05, 0) is 36.1 Å². The van der Waals surface area contributed by atoms with Crippen molar-refractivity contribution in [2.45, 2.75) is 20.0 Å². The Kier molecular flexibility index (Phi) is 4.90. The number of pyridine rings is 1. The highest BCUT2D eigenvalue weighted by Crippen LogP contribution is 2.05. The molecule has 0 fully saturated rings. The van der Waals surface area contributed by atoms with Gasteiger partial charge in [0.25, 0.3) is 11.5 Å². The number of aryl methyl sites for hydroxylation is 1. The van der Waals surface area contributed by atoms with E-state index in [-0.39, 0.29) is 17.7 Å². The van der Waals surface area contributed by atoms with Crippen molar-refractivity contribution >= 4 is 11.6 Å². The first-order valence-electron chi connectivity index (χ1n) is 8.03. The molecule has 1 amide bonds. The average Bonchev–Trinajstić information content (AvgIpc) is 2.63. The number of aliphatic hydroxyl groups is 1. The van der Waals surface area contributed by atoms with Crippen LogP contribution >= 0.6 is 0 Å². The van der Waals surface area contributed by atoms with E-state index in [1.54, 1.807) is 12.3 Å². The summed E-state index contributed by atoms with van der Waals surface area (Å²) in [6, 6.07) is 11.1. The number of aliphatic hydroxyl groups excluding tert-OH is 1. The molecule has 0 aliphatic carbocycles. The zero-order chi connectivity index (χ0) is 17.8. The van der Waals surface area contributed by atoms with Crippen molar-refractivity contribution in [3.05, 3.63) is 81.4 Å². The fourth-order valence-electron chi connectivity index (χ4n) is 2.57. The lowest BCUT2D eigenvalue weighted by atomic mass is 10.1. The molecule has 0 aliphatic rings. The maximum absolute atomic E-state index is 12.5. The molecule has 0 radical (unpaired) electrons. The summed E-state index contributed by atoms with van der Waals surface area (Å²) >= 11 is 0. The number of amides is 1. The maximum Gasteiger partial charge on any atom is 0.270 e. The van der Waals surface area contributed by atoms with Gasteiger partial charge in [0, 0.05) is 18.9 Å². The third-order valence-corrected chi connectivity index (χ3v) is 4.00. The number of hydrogen-bond donors (Lipinski definition) is 2. The molecule has 6 nitrogen and oxygen atoms in total. The summed E-state index contributed by atoms with van der Waals surface area (Å²) < 4.78 is 1.39. The van der Waals surface area contributed by atoms with Crippen molar-refractivity contribution in [3.8, 4) is 0 Å². The summed E-state index contributed by atoms with van der Waals surface area (Å²) in [5.41, 5.74) is 2.97. The minimum Gasteiger partial charge on any atom is -0.392 e. The predicted octanol–water partition coefficient (Wildman–Crippen LogP) is 1.47. The highest BCUT2D eigenvalue weighted by atomic mass is 16.3. The highest BCUT2D eigenvalue weighted by Gasteiger charge is 2.12. The third kappa shape index (κ3) is 3.75. The number of fused-ring (bicyclic) bond motifs is 1. The molecule has 0 spiro atoms. The van der Waals surface area contributed by atoms with E-state index < -0.39 is 5.91 Å². The van der Waals surface area contributed by atoms with Crippen LogP contribution in [0, 0.1) is 6.92 Å².